The normalized spacial score (nSPS) is 12.1. The van der Waals surface area contributed by atoms with Gasteiger partial charge in [-0.15, -0.1) is 0 Å². The van der Waals surface area contributed by atoms with Gasteiger partial charge in [0.15, 0.2) is 5.43 Å². The number of fused-ring (bicyclic) bond motifs is 1. The van der Waals surface area contributed by atoms with E-state index >= 15 is 0 Å². The highest BCUT2D eigenvalue weighted by molar-refractivity contribution is 5.82. The van der Waals surface area contributed by atoms with Crippen molar-refractivity contribution >= 4 is 16.8 Å². The second-order valence-electron chi connectivity index (χ2n) is 6.06. The number of pyridine rings is 2. The molecule has 0 aliphatic rings. The minimum atomic E-state index is -0.0828. The number of rotatable bonds is 5. The van der Waals surface area contributed by atoms with Gasteiger partial charge in [0.25, 0.3) is 0 Å². The molecule has 1 amide bonds. The Morgan fingerprint density at radius 2 is 1.92 bits per heavy atom. The van der Waals surface area contributed by atoms with Crippen LogP contribution in [0.5, 0.6) is 0 Å². The largest absolute Gasteiger partial charge is 0.348 e. The van der Waals surface area contributed by atoms with E-state index in [1.807, 2.05) is 48.7 Å². The fourth-order valence-corrected chi connectivity index (χ4v) is 3.06. The molecule has 3 rings (SSSR count). The fourth-order valence-electron chi connectivity index (χ4n) is 3.06. The Hall–Kier alpha value is -2.95. The van der Waals surface area contributed by atoms with Crippen LogP contribution in [-0.4, -0.2) is 15.5 Å². The van der Waals surface area contributed by atoms with Gasteiger partial charge in [0, 0.05) is 29.5 Å². The number of aromatic nitrogens is 2. The predicted molar refractivity (Wildman–Crippen MR) is 98.4 cm³/mol. The van der Waals surface area contributed by atoms with Gasteiger partial charge in [-0.05, 0) is 43.2 Å². The Bertz CT molecular complexity index is 948. The lowest BCUT2D eigenvalue weighted by molar-refractivity contribution is -0.122. The minimum Gasteiger partial charge on any atom is -0.348 e. The summed E-state index contributed by atoms with van der Waals surface area (Å²) in [7, 11) is 0. The van der Waals surface area contributed by atoms with Gasteiger partial charge < -0.3 is 9.88 Å². The molecule has 0 saturated carbocycles. The number of benzene rings is 1. The zero-order chi connectivity index (χ0) is 17.8. The number of amides is 1. The molecule has 0 radical (unpaired) electrons. The van der Waals surface area contributed by atoms with E-state index in [1.165, 1.54) is 0 Å². The number of para-hydroxylation sites is 1. The Balaban J connectivity index is 1.86. The summed E-state index contributed by atoms with van der Waals surface area (Å²) in [4.78, 5) is 28.8. The van der Waals surface area contributed by atoms with Gasteiger partial charge in [-0.2, -0.15) is 0 Å². The molecule has 1 aromatic carbocycles. The monoisotopic (exact) mass is 335 g/mol. The first-order valence-corrected chi connectivity index (χ1v) is 8.38. The van der Waals surface area contributed by atoms with Gasteiger partial charge in [-0.25, -0.2) is 0 Å². The Kier molecular flexibility index (Phi) is 4.93. The summed E-state index contributed by atoms with van der Waals surface area (Å²) in [6, 6.07) is 12.7. The highest BCUT2D eigenvalue weighted by atomic mass is 16.2. The Morgan fingerprint density at radius 3 is 2.64 bits per heavy atom. The summed E-state index contributed by atoms with van der Waals surface area (Å²) < 4.78 is 1.88. The van der Waals surface area contributed by atoms with Crippen LogP contribution in [0, 0.1) is 6.92 Å². The maximum absolute atomic E-state index is 12.6. The number of carbonyl (C=O) groups excluding carboxylic acids is 1. The van der Waals surface area contributed by atoms with E-state index in [0.717, 1.165) is 23.2 Å². The third-order valence-electron chi connectivity index (χ3n) is 4.38. The molecule has 5 nitrogen and oxygen atoms in total. The lowest BCUT2D eigenvalue weighted by Gasteiger charge is -2.19. The lowest BCUT2D eigenvalue weighted by Crippen LogP contribution is -2.32. The van der Waals surface area contributed by atoms with E-state index in [9.17, 15) is 9.59 Å². The van der Waals surface area contributed by atoms with E-state index in [1.54, 1.807) is 24.5 Å². The van der Waals surface area contributed by atoms with Crippen molar-refractivity contribution in [3.63, 3.8) is 0 Å². The average molecular weight is 335 g/mol. The molecule has 0 spiro atoms. The zero-order valence-corrected chi connectivity index (χ0v) is 14.4. The van der Waals surface area contributed by atoms with Crippen molar-refractivity contribution in [1.29, 1.82) is 0 Å². The van der Waals surface area contributed by atoms with Crippen LogP contribution < -0.4 is 10.7 Å². The molecule has 0 aliphatic heterocycles. The average Bonchev–Trinajstić information content (AvgIpc) is 2.64. The van der Waals surface area contributed by atoms with Gasteiger partial charge in [0.2, 0.25) is 5.91 Å². The van der Waals surface area contributed by atoms with E-state index in [0.29, 0.717) is 5.39 Å². The predicted octanol–water partition coefficient (Wildman–Crippen LogP) is 2.97. The molecule has 128 valence electrons. The Morgan fingerprint density at radius 1 is 1.20 bits per heavy atom. The maximum Gasteiger partial charge on any atom is 0.240 e. The molecular formula is C20H21N3O2. The molecular weight excluding hydrogens is 314 g/mol. The number of nitrogens with zero attached hydrogens (tertiary/aromatic N) is 2. The van der Waals surface area contributed by atoms with Gasteiger partial charge >= 0.3 is 0 Å². The number of nitrogens with one attached hydrogen (secondary N) is 1. The van der Waals surface area contributed by atoms with Crippen LogP contribution in [0.2, 0.25) is 0 Å². The molecule has 0 fully saturated rings. The molecule has 5 heteroatoms. The van der Waals surface area contributed by atoms with Crippen molar-refractivity contribution in [2.24, 2.45) is 0 Å². The van der Waals surface area contributed by atoms with Crippen molar-refractivity contribution in [1.82, 2.24) is 14.9 Å². The Labute approximate surface area is 146 Å². The molecule has 1 atom stereocenters. The van der Waals surface area contributed by atoms with E-state index in [-0.39, 0.29) is 23.9 Å². The van der Waals surface area contributed by atoms with E-state index in [2.05, 4.69) is 10.3 Å². The smallest absolute Gasteiger partial charge is 0.240 e. The fraction of sp³-hybridized carbons (Fsp3) is 0.250. The molecule has 0 bridgehead atoms. The minimum absolute atomic E-state index is 0.0204. The number of hydrogen-bond donors (Lipinski definition) is 1. The van der Waals surface area contributed by atoms with Crippen molar-refractivity contribution in [3.05, 3.63) is 76.3 Å². The van der Waals surface area contributed by atoms with Crippen LogP contribution in [0.25, 0.3) is 10.9 Å². The highest BCUT2D eigenvalue weighted by Crippen LogP contribution is 2.16. The lowest BCUT2D eigenvalue weighted by atomic mass is 10.1. The second kappa shape index (κ2) is 7.30. The summed E-state index contributed by atoms with van der Waals surface area (Å²) in [5, 5.41) is 3.70. The quantitative estimate of drug-likeness (QED) is 0.779. The molecule has 2 heterocycles. The van der Waals surface area contributed by atoms with Crippen molar-refractivity contribution in [2.45, 2.75) is 32.9 Å². The first-order chi connectivity index (χ1) is 12.1. The van der Waals surface area contributed by atoms with E-state index < -0.39 is 0 Å². The topological polar surface area (TPSA) is 64.0 Å². The molecule has 0 aliphatic carbocycles. The van der Waals surface area contributed by atoms with Crippen molar-refractivity contribution in [3.8, 4) is 0 Å². The van der Waals surface area contributed by atoms with E-state index in [4.69, 9.17) is 0 Å². The van der Waals surface area contributed by atoms with Gasteiger partial charge in [-0.3, -0.25) is 14.6 Å². The van der Waals surface area contributed by atoms with Crippen molar-refractivity contribution < 1.29 is 4.79 Å². The molecule has 25 heavy (non-hydrogen) atoms. The van der Waals surface area contributed by atoms with Crippen LogP contribution in [-0.2, 0) is 11.3 Å². The van der Waals surface area contributed by atoms with Gasteiger partial charge in [-0.1, -0.05) is 19.1 Å². The maximum atomic E-state index is 12.6. The molecule has 3 aromatic rings. The number of aryl methyl sites for hydroxylation is 1. The molecule has 2 aromatic heterocycles. The standard InChI is InChI=1S/C20H21N3O2/c1-3-17(15-8-10-21-11-9-15)22-20(25)13-23-14(2)12-19(24)16-6-4-5-7-18(16)23/h4-12,17H,3,13H2,1-2H3,(H,22,25)/t17-/m1/s1. The van der Waals surface area contributed by atoms with Crippen molar-refractivity contribution in [2.75, 3.05) is 0 Å². The summed E-state index contributed by atoms with van der Waals surface area (Å²) in [5.41, 5.74) is 2.57. The SMILES string of the molecule is CC[C@@H](NC(=O)Cn1c(C)cc(=O)c2ccccc21)c1ccncc1. The van der Waals surface area contributed by atoms with Crippen LogP contribution in [0.1, 0.15) is 30.6 Å². The molecule has 1 N–H and O–H groups in total. The number of carbonyl (C=O) groups is 1. The molecule has 0 saturated heterocycles. The van der Waals surface area contributed by atoms with Crippen LogP contribution in [0.4, 0.5) is 0 Å². The van der Waals surface area contributed by atoms with Crippen LogP contribution >= 0.6 is 0 Å². The van der Waals surface area contributed by atoms with Crippen LogP contribution in [0.15, 0.2) is 59.7 Å². The number of hydrogen-bond acceptors (Lipinski definition) is 3. The third kappa shape index (κ3) is 3.60. The van der Waals surface area contributed by atoms with Gasteiger partial charge in [0.1, 0.15) is 6.54 Å². The molecule has 0 unspecified atom stereocenters. The summed E-state index contributed by atoms with van der Waals surface area (Å²) in [6.07, 6.45) is 4.24. The van der Waals surface area contributed by atoms with Crippen LogP contribution in [0.3, 0.4) is 0 Å². The first-order valence-electron chi connectivity index (χ1n) is 8.38. The zero-order valence-electron chi connectivity index (χ0n) is 14.4. The summed E-state index contributed by atoms with van der Waals surface area (Å²) in [6.45, 7) is 4.06. The summed E-state index contributed by atoms with van der Waals surface area (Å²) >= 11 is 0. The third-order valence-corrected chi connectivity index (χ3v) is 4.38. The first kappa shape index (κ1) is 16.9. The highest BCUT2D eigenvalue weighted by Gasteiger charge is 2.14. The van der Waals surface area contributed by atoms with Gasteiger partial charge in [0.05, 0.1) is 11.6 Å². The second-order valence-corrected chi connectivity index (χ2v) is 6.06. The summed E-state index contributed by atoms with van der Waals surface area (Å²) in [5.74, 6) is -0.0828.